The number of rotatable bonds is 12. The van der Waals surface area contributed by atoms with Crippen LogP contribution in [0.3, 0.4) is 0 Å². The molecule has 1 heterocycles. The molecule has 0 spiro atoms. The van der Waals surface area contributed by atoms with E-state index in [0.29, 0.717) is 25.9 Å². The molecule has 0 saturated heterocycles. The van der Waals surface area contributed by atoms with Crippen molar-refractivity contribution in [2.75, 3.05) is 13.1 Å². The van der Waals surface area contributed by atoms with Gasteiger partial charge in [-0.25, -0.2) is 0 Å². The van der Waals surface area contributed by atoms with Crippen LogP contribution in [0.25, 0.3) is 0 Å². The van der Waals surface area contributed by atoms with Gasteiger partial charge in [0.05, 0.1) is 12.8 Å². The van der Waals surface area contributed by atoms with E-state index in [2.05, 4.69) is 12.1 Å². The van der Waals surface area contributed by atoms with Crippen molar-refractivity contribution in [2.24, 2.45) is 0 Å². The van der Waals surface area contributed by atoms with Gasteiger partial charge in [-0.3, -0.25) is 9.59 Å². The third-order valence-electron chi connectivity index (χ3n) is 6.01. The van der Waals surface area contributed by atoms with E-state index in [1.807, 2.05) is 74.5 Å². The molecule has 3 aromatic rings. The maximum atomic E-state index is 13.4. The van der Waals surface area contributed by atoms with E-state index >= 15 is 0 Å². The highest BCUT2D eigenvalue weighted by Crippen LogP contribution is 2.13. The molecule has 0 aliphatic heterocycles. The number of furan rings is 1. The van der Waals surface area contributed by atoms with Crippen molar-refractivity contribution >= 4 is 11.8 Å². The SMILES string of the molecule is CCC(C)N(CC(=O)N(CCc1ccccc1)Cc1ccco1)C(=O)CCc1ccccc1. The predicted molar refractivity (Wildman–Crippen MR) is 131 cm³/mol. The minimum absolute atomic E-state index is 0.00295. The third kappa shape index (κ3) is 7.63. The van der Waals surface area contributed by atoms with Gasteiger partial charge in [-0.1, -0.05) is 67.6 Å². The highest BCUT2D eigenvalue weighted by molar-refractivity contribution is 5.85. The number of nitrogens with zero attached hydrogens (tertiary/aromatic N) is 2. The summed E-state index contributed by atoms with van der Waals surface area (Å²) in [7, 11) is 0. The Balaban J connectivity index is 1.67. The first kappa shape index (κ1) is 24.3. The Kier molecular flexibility index (Phi) is 9.31. The van der Waals surface area contributed by atoms with Crippen LogP contribution in [-0.4, -0.2) is 40.7 Å². The Hall–Kier alpha value is -3.34. The molecular weight excluding hydrogens is 412 g/mol. The molecule has 1 aromatic heterocycles. The molecule has 5 heteroatoms. The van der Waals surface area contributed by atoms with Gasteiger partial charge in [0.2, 0.25) is 11.8 Å². The average Bonchev–Trinajstić information content (AvgIpc) is 3.37. The number of hydrogen-bond donors (Lipinski definition) is 0. The lowest BCUT2D eigenvalue weighted by Gasteiger charge is -2.31. The summed E-state index contributed by atoms with van der Waals surface area (Å²) in [5.74, 6) is 0.695. The number of aryl methyl sites for hydroxylation is 1. The van der Waals surface area contributed by atoms with E-state index in [1.54, 1.807) is 16.1 Å². The lowest BCUT2D eigenvalue weighted by atomic mass is 10.1. The zero-order valence-corrected chi connectivity index (χ0v) is 19.7. The highest BCUT2D eigenvalue weighted by atomic mass is 16.3. The molecule has 1 unspecified atom stereocenters. The van der Waals surface area contributed by atoms with E-state index in [9.17, 15) is 9.59 Å². The van der Waals surface area contributed by atoms with Crippen LogP contribution < -0.4 is 0 Å². The lowest BCUT2D eigenvalue weighted by Crippen LogP contribution is -2.46. The summed E-state index contributed by atoms with van der Waals surface area (Å²) in [4.78, 5) is 30.0. The van der Waals surface area contributed by atoms with Crippen molar-refractivity contribution in [2.45, 2.75) is 52.1 Å². The Morgan fingerprint density at radius 3 is 2.06 bits per heavy atom. The molecule has 33 heavy (non-hydrogen) atoms. The molecule has 0 fully saturated rings. The molecular formula is C28H34N2O3. The minimum atomic E-state index is -0.0595. The molecule has 0 bridgehead atoms. The molecule has 5 nitrogen and oxygen atoms in total. The molecule has 0 aliphatic rings. The van der Waals surface area contributed by atoms with Gasteiger partial charge >= 0.3 is 0 Å². The Bertz CT molecular complexity index is 971. The fourth-order valence-corrected chi connectivity index (χ4v) is 3.79. The second kappa shape index (κ2) is 12.6. The number of carbonyl (C=O) groups excluding carboxylic acids is 2. The number of benzene rings is 2. The van der Waals surface area contributed by atoms with Crippen molar-refractivity contribution in [1.82, 2.24) is 9.80 Å². The van der Waals surface area contributed by atoms with Crippen LogP contribution in [0, 0.1) is 0 Å². The Labute approximate surface area is 197 Å². The fraction of sp³-hybridized carbons (Fsp3) is 0.357. The van der Waals surface area contributed by atoms with Gasteiger partial charge in [-0.15, -0.1) is 0 Å². The first-order valence-electron chi connectivity index (χ1n) is 11.7. The van der Waals surface area contributed by atoms with Crippen molar-refractivity contribution < 1.29 is 14.0 Å². The van der Waals surface area contributed by atoms with Gasteiger partial charge in [0.15, 0.2) is 0 Å². The van der Waals surface area contributed by atoms with Gasteiger partial charge in [0.25, 0.3) is 0 Å². The summed E-state index contributed by atoms with van der Waals surface area (Å²) >= 11 is 0. The number of hydrogen-bond acceptors (Lipinski definition) is 3. The molecule has 3 rings (SSSR count). The van der Waals surface area contributed by atoms with E-state index in [-0.39, 0.29) is 24.4 Å². The predicted octanol–water partition coefficient (Wildman–Crippen LogP) is 5.11. The molecule has 174 valence electrons. The van der Waals surface area contributed by atoms with Crippen LogP contribution in [-0.2, 0) is 29.0 Å². The largest absolute Gasteiger partial charge is 0.467 e. The molecule has 2 amide bonds. The van der Waals surface area contributed by atoms with Gasteiger partial charge in [0.1, 0.15) is 12.3 Å². The lowest BCUT2D eigenvalue weighted by molar-refractivity contribution is -0.142. The maximum absolute atomic E-state index is 13.4. The van der Waals surface area contributed by atoms with Crippen LogP contribution in [0.4, 0.5) is 0 Å². The molecule has 0 N–H and O–H groups in total. The van der Waals surface area contributed by atoms with Gasteiger partial charge in [0, 0.05) is 19.0 Å². The molecule has 0 radical (unpaired) electrons. The number of carbonyl (C=O) groups is 2. The van der Waals surface area contributed by atoms with Crippen LogP contribution >= 0.6 is 0 Å². The zero-order chi connectivity index (χ0) is 23.5. The normalized spacial score (nSPS) is 11.7. The average molecular weight is 447 g/mol. The van der Waals surface area contributed by atoms with Crippen molar-refractivity contribution in [3.05, 3.63) is 95.9 Å². The van der Waals surface area contributed by atoms with Crippen LogP contribution in [0.2, 0.25) is 0 Å². The zero-order valence-electron chi connectivity index (χ0n) is 19.7. The van der Waals surface area contributed by atoms with E-state index in [4.69, 9.17) is 4.42 Å². The first-order chi connectivity index (χ1) is 16.1. The summed E-state index contributed by atoms with van der Waals surface area (Å²) in [5, 5.41) is 0. The second-order valence-corrected chi connectivity index (χ2v) is 8.39. The fourth-order valence-electron chi connectivity index (χ4n) is 3.79. The smallest absolute Gasteiger partial charge is 0.242 e. The summed E-state index contributed by atoms with van der Waals surface area (Å²) in [6.45, 7) is 5.09. The summed E-state index contributed by atoms with van der Waals surface area (Å²) < 4.78 is 5.50. The van der Waals surface area contributed by atoms with Gasteiger partial charge < -0.3 is 14.2 Å². The van der Waals surface area contributed by atoms with Crippen LogP contribution in [0.1, 0.15) is 43.6 Å². The van der Waals surface area contributed by atoms with Gasteiger partial charge in [-0.2, -0.15) is 0 Å². The van der Waals surface area contributed by atoms with E-state index in [0.717, 1.165) is 24.2 Å². The molecule has 0 saturated carbocycles. The monoisotopic (exact) mass is 446 g/mol. The van der Waals surface area contributed by atoms with E-state index < -0.39 is 0 Å². The highest BCUT2D eigenvalue weighted by Gasteiger charge is 2.25. The summed E-state index contributed by atoms with van der Waals surface area (Å²) in [6, 6.07) is 23.8. The van der Waals surface area contributed by atoms with Crippen molar-refractivity contribution in [1.29, 1.82) is 0 Å². The molecule has 2 aromatic carbocycles. The van der Waals surface area contributed by atoms with Crippen molar-refractivity contribution in [3.8, 4) is 0 Å². The third-order valence-corrected chi connectivity index (χ3v) is 6.01. The van der Waals surface area contributed by atoms with Crippen LogP contribution in [0.15, 0.2) is 83.5 Å². The second-order valence-electron chi connectivity index (χ2n) is 8.39. The van der Waals surface area contributed by atoms with E-state index in [1.165, 1.54) is 5.56 Å². The Morgan fingerprint density at radius 1 is 0.848 bits per heavy atom. The topological polar surface area (TPSA) is 53.8 Å². The van der Waals surface area contributed by atoms with Crippen molar-refractivity contribution in [3.63, 3.8) is 0 Å². The molecule has 0 aliphatic carbocycles. The number of amides is 2. The quantitative estimate of drug-likeness (QED) is 0.388. The summed E-state index contributed by atoms with van der Waals surface area (Å²) in [5.41, 5.74) is 2.30. The minimum Gasteiger partial charge on any atom is -0.467 e. The first-order valence-corrected chi connectivity index (χ1v) is 11.7. The molecule has 1 atom stereocenters. The Morgan fingerprint density at radius 2 is 1.48 bits per heavy atom. The standard InChI is InChI=1S/C28H34N2O3/c1-3-23(2)30(27(31)17-16-24-11-6-4-7-12-24)22-28(32)29(21-26-15-10-20-33-26)19-18-25-13-8-5-9-14-25/h4-15,20,23H,3,16-19,21-22H2,1-2H3. The van der Waals surface area contributed by atoms with Gasteiger partial charge in [-0.05, 0) is 49.4 Å². The summed E-state index contributed by atoms with van der Waals surface area (Å²) in [6.07, 6.45) is 4.23. The maximum Gasteiger partial charge on any atom is 0.242 e. The van der Waals surface area contributed by atoms with Crippen LogP contribution in [0.5, 0.6) is 0 Å².